The van der Waals surface area contributed by atoms with Gasteiger partial charge in [-0.2, -0.15) is 4.31 Å². The van der Waals surface area contributed by atoms with Crippen LogP contribution in [-0.4, -0.2) is 41.3 Å². The zero-order valence-corrected chi connectivity index (χ0v) is 19.1. The van der Waals surface area contributed by atoms with E-state index in [-0.39, 0.29) is 9.79 Å². The van der Waals surface area contributed by atoms with E-state index in [1.165, 1.54) is 41.7 Å². The first-order valence-electron chi connectivity index (χ1n) is 9.94. The van der Waals surface area contributed by atoms with Gasteiger partial charge >= 0.3 is 0 Å². The molecule has 7 nitrogen and oxygen atoms in total. The zero-order chi connectivity index (χ0) is 21.9. The van der Waals surface area contributed by atoms with Crippen LogP contribution in [0.5, 0.6) is 5.75 Å². The quantitative estimate of drug-likeness (QED) is 0.722. The highest BCUT2D eigenvalue weighted by atomic mass is 32.2. The number of sulfonamides is 2. The minimum absolute atomic E-state index is 0.155. The van der Waals surface area contributed by atoms with Crippen LogP contribution in [0.25, 0.3) is 0 Å². The first-order chi connectivity index (χ1) is 14.2. The molecule has 3 rings (SSSR count). The molecule has 0 aliphatic carbocycles. The number of nitrogens with zero attached hydrogens (tertiary/aromatic N) is 1. The minimum Gasteiger partial charge on any atom is -0.496 e. The van der Waals surface area contributed by atoms with Crippen molar-refractivity contribution in [1.82, 2.24) is 4.31 Å². The van der Waals surface area contributed by atoms with E-state index < -0.39 is 20.0 Å². The van der Waals surface area contributed by atoms with Crippen LogP contribution < -0.4 is 9.46 Å². The van der Waals surface area contributed by atoms with Gasteiger partial charge in [-0.3, -0.25) is 4.72 Å². The smallest absolute Gasteiger partial charge is 0.262 e. The Morgan fingerprint density at radius 3 is 2.00 bits per heavy atom. The second kappa shape index (κ2) is 8.95. The summed E-state index contributed by atoms with van der Waals surface area (Å²) in [5.74, 6) is 0.620. The number of ether oxygens (including phenoxy) is 1. The number of anilines is 1. The third kappa shape index (κ3) is 4.63. The van der Waals surface area contributed by atoms with Crippen LogP contribution >= 0.6 is 0 Å². The Labute approximate surface area is 179 Å². The van der Waals surface area contributed by atoms with Crippen molar-refractivity contribution in [2.45, 2.75) is 49.3 Å². The van der Waals surface area contributed by atoms with Crippen molar-refractivity contribution >= 4 is 25.7 Å². The molecule has 0 spiro atoms. The van der Waals surface area contributed by atoms with E-state index in [9.17, 15) is 16.8 Å². The predicted octanol–water partition coefficient (Wildman–Crippen LogP) is 3.68. The number of methoxy groups -OCH3 is 1. The van der Waals surface area contributed by atoms with Gasteiger partial charge in [0.1, 0.15) is 5.75 Å². The number of benzene rings is 2. The van der Waals surface area contributed by atoms with Crippen molar-refractivity contribution in [2.75, 3.05) is 24.9 Å². The first-order valence-corrected chi connectivity index (χ1v) is 12.9. The maximum atomic E-state index is 12.9. The van der Waals surface area contributed by atoms with E-state index in [1.54, 1.807) is 19.9 Å². The fourth-order valence-electron chi connectivity index (χ4n) is 3.62. The highest BCUT2D eigenvalue weighted by Gasteiger charge is 2.25. The maximum Gasteiger partial charge on any atom is 0.262 e. The molecule has 1 aliphatic rings. The molecule has 1 saturated heterocycles. The van der Waals surface area contributed by atoms with Crippen molar-refractivity contribution in [3.8, 4) is 5.75 Å². The third-order valence-corrected chi connectivity index (χ3v) is 8.95. The first kappa shape index (κ1) is 22.6. The summed E-state index contributed by atoms with van der Waals surface area (Å²) in [4.78, 5) is 0.325. The Kier molecular flexibility index (Phi) is 6.74. The SMILES string of the molecule is COc1ccc(S(=O)(=O)Nc2ccc(S(=O)(=O)N3CCCCCC3)cc2)c(C)c1C. The van der Waals surface area contributed by atoms with Crippen LogP contribution in [0.2, 0.25) is 0 Å². The standard InChI is InChI=1S/C21H28N2O5S2/c1-16-17(2)21(13-12-20(16)28-3)29(24,25)22-18-8-10-19(11-9-18)30(26,27)23-14-6-4-5-7-15-23/h8-13,22H,4-7,14-15H2,1-3H3. The topological polar surface area (TPSA) is 92.8 Å². The monoisotopic (exact) mass is 452 g/mol. The summed E-state index contributed by atoms with van der Waals surface area (Å²) in [6.07, 6.45) is 3.80. The molecule has 0 atom stereocenters. The molecule has 164 valence electrons. The van der Waals surface area contributed by atoms with Crippen molar-refractivity contribution < 1.29 is 21.6 Å². The molecule has 0 amide bonds. The lowest BCUT2D eigenvalue weighted by Gasteiger charge is -2.20. The van der Waals surface area contributed by atoms with Gasteiger partial charge in [0.15, 0.2) is 0 Å². The van der Waals surface area contributed by atoms with Crippen molar-refractivity contribution in [1.29, 1.82) is 0 Å². The molecule has 2 aromatic carbocycles. The molecule has 2 aromatic rings. The molecule has 0 aromatic heterocycles. The lowest BCUT2D eigenvalue weighted by atomic mass is 10.1. The summed E-state index contributed by atoms with van der Waals surface area (Å²) in [5, 5.41) is 0. The fourth-order valence-corrected chi connectivity index (χ4v) is 6.50. The molecule has 1 fully saturated rings. The van der Waals surface area contributed by atoms with E-state index in [4.69, 9.17) is 4.74 Å². The van der Waals surface area contributed by atoms with Crippen molar-refractivity contribution in [3.05, 3.63) is 47.5 Å². The zero-order valence-electron chi connectivity index (χ0n) is 17.5. The lowest BCUT2D eigenvalue weighted by molar-refractivity contribution is 0.410. The van der Waals surface area contributed by atoms with E-state index in [0.29, 0.717) is 30.1 Å². The average molecular weight is 453 g/mol. The Bertz CT molecular complexity index is 1100. The highest BCUT2D eigenvalue weighted by molar-refractivity contribution is 7.92. The fraction of sp³-hybridized carbons (Fsp3) is 0.429. The summed E-state index contributed by atoms with van der Waals surface area (Å²) in [6, 6.07) is 8.98. The van der Waals surface area contributed by atoms with Gasteiger partial charge in [-0.05, 0) is 74.2 Å². The third-order valence-electron chi connectivity index (χ3n) is 5.51. The molecule has 30 heavy (non-hydrogen) atoms. The number of hydrogen-bond acceptors (Lipinski definition) is 5. The van der Waals surface area contributed by atoms with E-state index in [1.807, 2.05) is 0 Å². The van der Waals surface area contributed by atoms with Crippen LogP contribution in [0.1, 0.15) is 36.8 Å². The summed E-state index contributed by atoms with van der Waals surface area (Å²) in [7, 11) is -5.87. The summed E-state index contributed by atoms with van der Waals surface area (Å²) < 4.78 is 60.8. The van der Waals surface area contributed by atoms with Gasteiger partial charge in [0, 0.05) is 18.8 Å². The van der Waals surface area contributed by atoms with Crippen LogP contribution in [-0.2, 0) is 20.0 Å². The average Bonchev–Trinajstić information content (AvgIpc) is 3.00. The largest absolute Gasteiger partial charge is 0.496 e. The van der Waals surface area contributed by atoms with Gasteiger partial charge in [-0.1, -0.05) is 12.8 Å². The van der Waals surface area contributed by atoms with Gasteiger partial charge in [0.2, 0.25) is 10.0 Å². The molecule has 9 heteroatoms. The molecule has 1 aliphatic heterocycles. The van der Waals surface area contributed by atoms with E-state index >= 15 is 0 Å². The number of hydrogen-bond donors (Lipinski definition) is 1. The van der Waals surface area contributed by atoms with Crippen molar-refractivity contribution in [3.63, 3.8) is 0 Å². The normalized spacial score (nSPS) is 16.1. The molecular weight excluding hydrogens is 424 g/mol. The minimum atomic E-state index is -3.83. The summed E-state index contributed by atoms with van der Waals surface area (Å²) in [5.41, 5.74) is 1.65. The van der Waals surface area contributed by atoms with Crippen LogP contribution in [0.3, 0.4) is 0 Å². The predicted molar refractivity (Wildman–Crippen MR) is 117 cm³/mol. The summed E-state index contributed by atoms with van der Waals surface area (Å²) in [6.45, 7) is 4.57. The van der Waals surface area contributed by atoms with Crippen LogP contribution in [0, 0.1) is 13.8 Å². The summed E-state index contributed by atoms with van der Waals surface area (Å²) >= 11 is 0. The van der Waals surface area contributed by atoms with Gasteiger partial charge in [-0.25, -0.2) is 16.8 Å². The maximum absolute atomic E-state index is 12.9. The lowest BCUT2D eigenvalue weighted by Crippen LogP contribution is -2.31. The molecule has 0 radical (unpaired) electrons. The van der Waals surface area contributed by atoms with Crippen LogP contribution in [0.4, 0.5) is 5.69 Å². The number of nitrogens with one attached hydrogen (secondary N) is 1. The van der Waals surface area contributed by atoms with E-state index in [2.05, 4.69) is 4.72 Å². The molecule has 1 heterocycles. The Morgan fingerprint density at radius 1 is 0.833 bits per heavy atom. The molecule has 0 unspecified atom stereocenters. The second-order valence-electron chi connectivity index (χ2n) is 7.46. The molecule has 0 bridgehead atoms. The Balaban J connectivity index is 1.82. The van der Waals surface area contributed by atoms with Gasteiger partial charge in [-0.15, -0.1) is 0 Å². The van der Waals surface area contributed by atoms with Gasteiger partial charge < -0.3 is 4.74 Å². The molecular formula is C21H28N2O5S2. The number of rotatable bonds is 6. The van der Waals surface area contributed by atoms with Gasteiger partial charge in [0.25, 0.3) is 10.0 Å². The Hall–Kier alpha value is -2.10. The van der Waals surface area contributed by atoms with Crippen LogP contribution in [0.15, 0.2) is 46.2 Å². The second-order valence-corrected chi connectivity index (χ2v) is 11.1. The van der Waals surface area contributed by atoms with E-state index in [0.717, 1.165) is 31.2 Å². The molecule has 0 saturated carbocycles. The molecule has 1 N–H and O–H groups in total. The van der Waals surface area contributed by atoms with Crippen molar-refractivity contribution in [2.24, 2.45) is 0 Å². The Morgan fingerprint density at radius 2 is 1.43 bits per heavy atom. The van der Waals surface area contributed by atoms with Gasteiger partial charge in [0.05, 0.1) is 16.9 Å². The highest BCUT2D eigenvalue weighted by Crippen LogP contribution is 2.28.